The van der Waals surface area contributed by atoms with E-state index in [2.05, 4.69) is 15.6 Å². The van der Waals surface area contributed by atoms with Crippen molar-refractivity contribution in [3.05, 3.63) is 54.2 Å². The average molecular weight is 339 g/mol. The normalized spacial score (nSPS) is 14.4. The molecule has 1 aromatic carbocycles. The minimum atomic E-state index is -0.218. The molecule has 0 aliphatic heterocycles. The molecule has 25 heavy (non-hydrogen) atoms. The van der Waals surface area contributed by atoms with Crippen LogP contribution in [0.1, 0.15) is 31.4 Å². The molecular weight excluding hydrogens is 318 g/mol. The zero-order chi connectivity index (χ0) is 17.6. The third-order valence-electron chi connectivity index (χ3n) is 3.98. The van der Waals surface area contributed by atoms with Crippen molar-refractivity contribution < 1.29 is 14.3 Å². The van der Waals surface area contributed by atoms with Crippen LogP contribution >= 0.6 is 0 Å². The van der Waals surface area contributed by atoms with E-state index < -0.39 is 0 Å². The van der Waals surface area contributed by atoms with Gasteiger partial charge in [0.1, 0.15) is 0 Å². The number of nitrogens with zero attached hydrogens (tertiary/aromatic N) is 1. The highest BCUT2D eigenvalue weighted by Crippen LogP contribution is 2.30. The summed E-state index contributed by atoms with van der Waals surface area (Å²) in [7, 11) is 0. The molecular formula is C19H21N3O3. The maximum Gasteiger partial charge on any atom is 0.258 e. The van der Waals surface area contributed by atoms with Crippen molar-refractivity contribution in [2.45, 2.75) is 25.8 Å². The lowest BCUT2D eigenvalue weighted by molar-refractivity contribution is -0.123. The standard InChI is InChI=1S/C19H21N3O3/c1-13(14-5-3-2-4-6-14)21-17(23)12-25-18-10-9-16(11-20-18)22-19(24)15-7-8-15/h2-6,9-11,13,15H,7-8,12H2,1H3,(H,21,23)(H,22,24). The van der Waals surface area contributed by atoms with E-state index in [9.17, 15) is 9.59 Å². The van der Waals surface area contributed by atoms with E-state index >= 15 is 0 Å². The second kappa shape index (κ2) is 7.79. The maximum absolute atomic E-state index is 12.0. The lowest BCUT2D eigenvalue weighted by atomic mass is 10.1. The highest BCUT2D eigenvalue weighted by atomic mass is 16.5. The molecule has 1 aliphatic rings. The molecule has 2 N–H and O–H groups in total. The Balaban J connectivity index is 1.44. The van der Waals surface area contributed by atoms with Gasteiger partial charge in [-0.15, -0.1) is 0 Å². The number of aromatic nitrogens is 1. The van der Waals surface area contributed by atoms with Crippen LogP contribution in [0, 0.1) is 5.92 Å². The summed E-state index contributed by atoms with van der Waals surface area (Å²) in [5.41, 5.74) is 1.66. The van der Waals surface area contributed by atoms with Gasteiger partial charge in [0.25, 0.3) is 5.91 Å². The Hall–Kier alpha value is -2.89. The summed E-state index contributed by atoms with van der Waals surface area (Å²) < 4.78 is 5.39. The Bertz CT molecular complexity index is 727. The van der Waals surface area contributed by atoms with Crippen molar-refractivity contribution in [2.75, 3.05) is 11.9 Å². The van der Waals surface area contributed by atoms with Crippen LogP contribution in [-0.2, 0) is 9.59 Å². The molecule has 1 unspecified atom stereocenters. The number of hydrogen-bond donors (Lipinski definition) is 2. The largest absolute Gasteiger partial charge is 0.468 e. The third kappa shape index (κ3) is 5.04. The summed E-state index contributed by atoms with van der Waals surface area (Å²) in [5.74, 6) is 0.298. The second-order valence-corrected chi connectivity index (χ2v) is 6.14. The van der Waals surface area contributed by atoms with Crippen molar-refractivity contribution in [3.63, 3.8) is 0 Å². The van der Waals surface area contributed by atoms with Gasteiger partial charge in [0.05, 0.1) is 17.9 Å². The van der Waals surface area contributed by atoms with Gasteiger partial charge >= 0.3 is 0 Å². The van der Waals surface area contributed by atoms with Gasteiger partial charge in [-0.05, 0) is 31.4 Å². The molecule has 130 valence electrons. The molecule has 0 bridgehead atoms. The third-order valence-corrected chi connectivity index (χ3v) is 3.98. The molecule has 1 fully saturated rings. The maximum atomic E-state index is 12.0. The molecule has 6 nitrogen and oxygen atoms in total. The Labute approximate surface area is 146 Å². The van der Waals surface area contributed by atoms with Crippen LogP contribution < -0.4 is 15.4 Å². The molecule has 0 spiro atoms. The van der Waals surface area contributed by atoms with Crippen molar-refractivity contribution in [1.29, 1.82) is 0 Å². The first-order valence-corrected chi connectivity index (χ1v) is 8.36. The number of rotatable bonds is 7. The Morgan fingerprint density at radius 2 is 1.96 bits per heavy atom. The Morgan fingerprint density at radius 3 is 2.60 bits per heavy atom. The highest BCUT2D eigenvalue weighted by Gasteiger charge is 2.29. The predicted octanol–water partition coefficient (Wildman–Crippen LogP) is 2.69. The van der Waals surface area contributed by atoms with Gasteiger partial charge in [-0.3, -0.25) is 9.59 Å². The predicted molar refractivity (Wildman–Crippen MR) is 94.1 cm³/mol. The van der Waals surface area contributed by atoms with Crippen LogP contribution in [-0.4, -0.2) is 23.4 Å². The van der Waals surface area contributed by atoms with E-state index in [-0.39, 0.29) is 30.4 Å². The molecule has 1 heterocycles. The molecule has 3 rings (SSSR count). The lowest BCUT2D eigenvalue weighted by Gasteiger charge is -2.14. The van der Waals surface area contributed by atoms with E-state index in [0.717, 1.165) is 18.4 Å². The van der Waals surface area contributed by atoms with Crippen LogP contribution in [0.5, 0.6) is 5.88 Å². The zero-order valence-electron chi connectivity index (χ0n) is 14.1. The smallest absolute Gasteiger partial charge is 0.258 e. The van der Waals surface area contributed by atoms with Crippen LogP contribution in [0.2, 0.25) is 0 Å². The van der Waals surface area contributed by atoms with Gasteiger partial charge in [0.2, 0.25) is 11.8 Å². The minimum absolute atomic E-state index is 0.0322. The van der Waals surface area contributed by atoms with Gasteiger partial charge in [-0.1, -0.05) is 30.3 Å². The van der Waals surface area contributed by atoms with Gasteiger partial charge in [-0.2, -0.15) is 0 Å². The number of pyridine rings is 1. The molecule has 6 heteroatoms. The van der Waals surface area contributed by atoms with Crippen molar-refractivity contribution in [1.82, 2.24) is 10.3 Å². The molecule has 1 saturated carbocycles. The number of anilines is 1. The van der Waals surface area contributed by atoms with Gasteiger partial charge in [-0.25, -0.2) is 4.98 Å². The minimum Gasteiger partial charge on any atom is -0.468 e. The molecule has 1 aromatic heterocycles. The van der Waals surface area contributed by atoms with Crippen LogP contribution in [0.15, 0.2) is 48.7 Å². The Morgan fingerprint density at radius 1 is 1.20 bits per heavy atom. The summed E-state index contributed by atoms with van der Waals surface area (Å²) in [5, 5.41) is 5.68. The van der Waals surface area contributed by atoms with E-state index in [1.54, 1.807) is 12.1 Å². The number of benzene rings is 1. The molecule has 1 aliphatic carbocycles. The fourth-order valence-corrected chi connectivity index (χ4v) is 2.38. The first-order chi connectivity index (χ1) is 12.1. The number of carbonyl (C=O) groups is 2. The monoisotopic (exact) mass is 339 g/mol. The number of amides is 2. The van der Waals surface area contributed by atoms with E-state index in [1.807, 2.05) is 37.3 Å². The average Bonchev–Trinajstić information content (AvgIpc) is 3.47. The molecule has 2 amide bonds. The topological polar surface area (TPSA) is 80.3 Å². The van der Waals surface area contributed by atoms with Crippen LogP contribution in [0.4, 0.5) is 5.69 Å². The van der Waals surface area contributed by atoms with E-state index in [0.29, 0.717) is 11.6 Å². The van der Waals surface area contributed by atoms with Crippen molar-refractivity contribution in [2.24, 2.45) is 5.92 Å². The first-order valence-electron chi connectivity index (χ1n) is 8.36. The number of nitrogens with one attached hydrogen (secondary N) is 2. The molecule has 0 radical (unpaired) electrons. The second-order valence-electron chi connectivity index (χ2n) is 6.14. The van der Waals surface area contributed by atoms with Crippen LogP contribution in [0.3, 0.4) is 0 Å². The molecule has 1 atom stereocenters. The summed E-state index contributed by atoms with van der Waals surface area (Å²) in [6.45, 7) is 1.81. The van der Waals surface area contributed by atoms with E-state index in [1.165, 1.54) is 6.20 Å². The molecule has 2 aromatic rings. The Kier molecular flexibility index (Phi) is 5.28. The zero-order valence-corrected chi connectivity index (χ0v) is 14.1. The van der Waals surface area contributed by atoms with Crippen molar-refractivity contribution >= 4 is 17.5 Å². The number of hydrogen-bond acceptors (Lipinski definition) is 4. The summed E-state index contributed by atoms with van der Waals surface area (Å²) in [4.78, 5) is 27.7. The fraction of sp³-hybridized carbons (Fsp3) is 0.316. The first kappa shape index (κ1) is 17.0. The summed E-state index contributed by atoms with van der Waals surface area (Å²) in [6.07, 6.45) is 3.44. The van der Waals surface area contributed by atoms with Gasteiger partial charge in [0, 0.05) is 12.0 Å². The van der Waals surface area contributed by atoms with Gasteiger partial charge in [0.15, 0.2) is 6.61 Å². The number of carbonyl (C=O) groups excluding carboxylic acids is 2. The highest BCUT2D eigenvalue weighted by molar-refractivity contribution is 5.93. The van der Waals surface area contributed by atoms with Gasteiger partial charge < -0.3 is 15.4 Å². The van der Waals surface area contributed by atoms with E-state index in [4.69, 9.17) is 4.74 Å². The summed E-state index contributed by atoms with van der Waals surface area (Å²) >= 11 is 0. The molecule has 0 saturated heterocycles. The quantitative estimate of drug-likeness (QED) is 0.813. The van der Waals surface area contributed by atoms with Crippen LogP contribution in [0.25, 0.3) is 0 Å². The number of ether oxygens (including phenoxy) is 1. The van der Waals surface area contributed by atoms with Crippen molar-refractivity contribution in [3.8, 4) is 5.88 Å². The summed E-state index contributed by atoms with van der Waals surface area (Å²) in [6, 6.07) is 13.0. The lowest BCUT2D eigenvalue weighted by Crippen LogP contribution is -2.31. The fourth-order valence-electron chi connectivity index (χ4n) is 2.38. The SMILES string of the molecule is CC(NC(=O)COc1ccc(NC(=O)C2CC2)cn1)c1ccccc1.